The zero-order valence-corrected chi connectivity index (χ0v) is 11.3. The van der Waals surface area contributed by atoms with Crippen molar-refractivity contribution < 1.29 is 4.79 Å². The molecule has 0 saturated heterocycles. The molecule has 9 heteroatoms. The second-order valence-electron chi connectivity index (χ2n) is 4.56. The van der Waals surface area contributed by atoms with E-state index in [1.54, 1.807) is 0 Å². The lowest BCUT2D eigenvalue weighted by Gasteiger charge is -2.05. The van der Waals surface area contributed by atoms with E-state index >= 15 is 0 Å². The van der Waals surface area contributed by atoms with E-state index in [0.717, 1.165) is 11.1 Å². The Labute approximate surface area is 117 Å². The number of hydrogen-bond acceptors (Lipinski definition) is 6. The fraction of sp³-hybridized carbons (Fsp3) is 0.167. The maximum absolute atomic E-state index is 12.0. The van der Waals surface area contributed by atoms with Gasteiger partial charge in [0, 0.05) is 0 Å². The smallest absolute Gasteiger partial charge is 0.282 e. The van der Waals surface area contributed by atoms with Crippen molar-refractivity contribution in [1.82, 2.24) is 30.6 Å². The molecule has 0 saturated carbocycles. The molecule has 2 heterocycles. The van der Waals surface area contributed by atoms with Crippen molar-refractivity contribution in [2.45, 2.75) is 13.8 Å². The predicted octanol–water partition coefficient (Wildman–Crippen LogP) is 0.305. The van der Waals surface area contributed by atoms with Crippen molar-refractivity contribution in [2.75, 3.05) is 5.32 Å². The molecule has 106 valence electrons. The van der Waals surface area contributed by atoms with Crippen LogP contribution in [0, 0.1) is 13.8 Å². The number of tetrazole rings is 1. The number of nitrogens with one attached hydrogen (secondary N) is 3. The molecule has 21 heavy (non-hydrogen) atoms. The molecule has 0 bridgehead atoms. The molecular formula is C12H11N7O2. The Kier molecular flexibility index (Phi) is 2.94. The Hall–Kier alpha value is -3.10. The zero-order chi connectivity index (χ0) is 15.0. The lowest BCUT2D eigenvalue weighted by molar-refractivity contribution is 0.102. The van der Waals surface area contributed by atoms with Gasteiger partial charge in [0.1, 0.15) is 0 Å². The van der Waals surface area contributed by atoms with E-state index in [4.69, 9.17) is 0 Å². The number of fused-ring (bicyclic) bond motifs is 1. The number of hydrogen-bond donors (Lipinski definition) is 3. The van der Waals surface area contributed by atoms with Crippen LogP contribution in [0.2, 0.25) is 0 Å². The summed E-state index contributed by atoms with van der Waals surface area (Å²) in [7, 11) is 0. The molecule has 1 aromatic carbocycles. The first-order valence-electron chi connectivity index (χ1n) is 6.10. The Morgan fingerprint density at radius 1 is 1.24 bits per heavy atom. The lowest BCUT2D eigenvalue weighted by Crippen LogP contribution is -2.25. The molecule has 0 spiro atoms. The first-order chi connectivity index (χ1) is 10.0. The van der Waals surface area contributed by atoms with E-state index in [-0.39, 0.29) is 11.6 Å². The Morgan fingerprint density at radius 2 is 2.00 bits per heavy atom. The molecule has 0 fully saturated rings. The van der Waals surface area contributed by atoms with Crippen molar-refractivity contribution >= 4 is 22.9 Å². The van der Waals surface area contributed by atoms with Gasteiger partial charge in [-0.1, -0.05) is 5.10 Å². The van der Waals surface area contributed by atoms with Crippen molar-refractivity contribution in [2.24, 2.45) is 0 Å². The highest BCUT2D eigenvalue weighted by Crippen LogP contribution is 2.14. The summed E-state index contributed by atoms with van der Waals surface area (Å²) in [5, 5.41) is 15.0. The molecular weight excluding hydrogens is 274 g/mol. The molecule has 3 N–H and O–H groups in total. The Bertz CT molecular complexity index is 883. The van der Waals surface area contributed by atoms with Crippen LogP contribution in [0.1, 0.15) is 21.6 Å². The van der Waals surface area contributed by atoms with Crippen LogP contribution >= 0.6 is 0 Å². The predicted molar refractivity (Wildman–Crippen MR) is 74.0 cm³/mol. The number of benzene rings is 1. The summed E-state index contributed by atoms with van der Waals surface area (Å²) in [6.45, 7) is 3.87. The van der Waals surface area contributed by atoms with Crippen LogP contribution in [0.3, 0.4) is 0 Å². The van der Waals surface area contributed by atoms with E-state index in [1.165, 1.54) is 0 Å². The van der Waals surface area contributed by atoms with Gasteiger partial charge in [-0.3, -0.25) is 14.9 Å². The van der Waals surface area contributed by atoms with Gasteiger partial charge in [0.25, 0.3) is 17.4 Å². The van der Waals surface area contributed by atoms with Crippen molar-refractivity contribution in [3.63, 3.8) is 0 Å². The second-order valence-corrected chi connectivity index (χ2v) is 4.56. The third-order valence-corrected chi connectivity index (χ3v) is 3.09. The molecule has 0 aliphatic heterocycles. The fourth-order valence-corrected chi connectivity index (χ4v) is 1.88. The van der Waals surface area contributed by atoms with E-state index in [9.17, 15) is 9.59 Å². The van der Waals surface area contributed by atoms with Crippen LogP contribution in [0.25, 0.3) is 11.0 Å². The maximum atomic E-state index is 12.0. The number of rotatable bonds is 2. The number of amides is 1. The molecule has 0 unspecified atom stereocenters. The largest absolute Gasteiger partial charge is 0.319 e. The second kappa shape index (κ2) is 4.78. The minimum atomic E-state index is -0.697. The standard InChI is InChI=1S/C12H11N7O2/c1-5-3-7-8(4-6(5)2)14-10(20)9(13-7)11(21)15-12-16-18-19-17-12/h3-4H,1-2H3,(H,14,20)(H2,15,16,17,18,19,21). The molecule has 0 aliphatic carbocycles. The molecule has 0 radical (unpaired) electrons. The van der Waals surface area contributed by atoms with Gasteiger partial charge >= 0.3 is 0 Å². The van der Waals surface area contributed by atoms with Gasteiger partial charge in [-0.05, 0) is 42.3 Å². The maximum Gasteiger partial charge on any atom is 0.282 e. The molecule has 9 nitrogen and oxygen atoms in total. The molecule has 0 aliphatic rings. The summed E-state index contributed by atoms with van der Waals surface area (Å²) in [5.74, 6) is -0.723. The summed E-state index contributed by atoms with van der Waals surface area (Å²) in [6.07, 6.45) is 0. The normalized spacial score (nSPS) is 10.8. The van der Waals surface area contributed by atoms with Gasteiger partial charge in [0.15, 0.2) is 5.69 Å². The molecule has 3 aromatic rings. The highest BCUT2D eigenvalue weighted by atomic mass is 16.2. The van der Waals surface area contributed by atoms with Gasteiger partial charge in [-0.2, -0.15) is 5.21 Å². The Morgan fingerprint density at radius 3 is 2.71 bits per heavy atom. The van der Waals surface area contributed by atoms with Crippen molar-refractivity contribution in [3.8, 4) is 0 Å². The van der Waals surface area contributed by atoms with Gasteiger partial charge in [0.2, 0.25) is 0 Å². The van der Waals surface area contributed by atoms with E-state index < -0.39 is 11.5 Å². The van der Waals surface area contributed by atoms with Crippen LogP contribution in [-0.4, -0.2) is 36.5 Å². The first-order valence-corrected chi connectivity index (χ1v) is 6.10. The average molecular weight is 285 g/mol. The number of H-pyrrole nitrogens is 2. The van der Waals surface area contributed by atoms with Gasteiger partial charge in [-0.25, -0.2) is 4.98 Å². The zero-order valence-electron chi connectivity index (χ0n) is 11.3. The van der Waals surface area contributed by atoms with Crippen molar-refractivity contribution in [1.29, 1.82) is 0 Å². The monoisotopic (exact) mass is 285 g/mol. The highest BCUT2D eigenvalue weighted by Gasteiger charge is 2.16. The molecule has 2 aromatic heterocycles. The van der Waals surface area contributed by atoms with E-state index in [1.807, 2.05) is 26.0 Å². The molecule has 3 rings (SSSR count). The minimum absolute atomic E-state index is 0.0265. The quantitative estimate of drug-likeness (QED) is 0.621. The van der Waals surface area contributed by atoms with Crippen LogP contribution < -0.4 is 10.9 Å². The molecule has 0 atom stereocenters. The van der Waals surface area contributed by atoms with E-state index in [0.29, 0.717) is 11.0 Å². The van der Waals surface area contributed by atoms with Crippen LogP contribution in [0.15, 0.2) is 16.9 Å². The topological polar surface area (TPSA) is 129 Å². The fourth-order valence-electron chi connectivity index (χ4n) is 1.88. The third kappa shape index (κ3) is 2.36. The average Bonchev–Trinajstić information content (AvgIpc) is 2.93. The van der Waals surface area contributed by atoms with Crippen LogP contribution in [-0.2, 0) is 0 Å². The first kappa shape index (κ1) is 12.9. The summed E-state index contributed by atoms with van der Waals surface area (Å²) < 4.78 is 0. The summed E-state index contributed by atoms with van der Waals surface area (Å²) >= 11 is 0. The number of aryl methyl sites for hydroxylation is 2. The number of aromatic amines is 2. The number of nitrogens with zero attached hydrogens (tertiary/aromatic N) is 4. The van der Waals surface area contributed by atoms with Gasteiger partial charge in [-0.15, -0.1) is 5.10 Å². The van der Waals surface area contributed by atoms with Crippen molar-refractivity contribution in [3.05, 3.63) is 39.3 Å². The molecule has 1 amide bonds. The van der Waals surface area contributed by atoms with E-state index in [2.05, 4.69) is 35.9 Å². The summed E-state index contributed by atoms with van der Waals surface area (Å²) in [4.78, 5) is 30.7. The SMILES string of the molecule is Cc1cc2nc(C(=O)Nc3nn[nH]n3)c(=O)[nH]c2cc1C. The minimum Gasteiger partial charge on any atom is -0.319 e. The third-order valence-electron chi connectivity index (χ3n) is 3.09. The number of carbonyl (C=O) groups excluding carboxylic acids is 1. The number of carbonyl (C=O) groups is 1. The summed E-state index contributed by atoms with van der Waals surface area (Å²) in [6, 6.07) is 3.63. The Balaban J connectivity index is 2.06. The lowest BCUT2D eigenvalue weighted by atomic mass is 10.1. The summed E-state index contributed by atoms with van der Waals surface area (Å²) in [5.41, 5.74) is 2.34. The van der Waals surface area contributed by atoms with Gasteiger partial charge < -0.3 is 4.98 Å². The van der Waals surface area contributed by atoms with Crippen LogP contribution in [0.4, 0.5) is 5.95 Å². The van der Waals surface area contributed by atoms with Gasteiger partial charge in [0.05, 0.1) is 11.0 Å². The number of anilines is 1. The highest BCUT2D eigenvalue weighted by molar-refractivity contribution is 6.02. The number of aromatic nitrogens is 6. The van der Waals surface area contributed by atoms with Crippen LogP contribution in [0.5, 0.6) is 0 Å².